The SMILES string of the molecule is CCC1CCC(CNc2ccnc(C(N)=O)c2)CC1. The van der Waals surface area contributed by atoms with Crippen LogP contribution < -0.4 is 11.1 Å². The van der Waals surface area contributed by atoms with Crippen molar-refractivity contribution in [1.29, 1.82) is 0 Å². The van der Waals surface area contributed by atoms with Gasteiger partial charge in [0.15, 0.2) is 0 Å². The summed E-state index contributed by atoms with van der Waals surface area (Å²) in [4.78, 5) is 15.0. The number of anilines is 1. The standard InChI is InChI=1S/C15H23N3O/c1-2-11-3-5-12(6-4-11)10-18-13-7-8-17-14(9-13)15(16)19/h7-9,11-12H,2-6,10H2,1H3,(H2,16,19)(H,17,18). The second-order valence-corrected chi connectivity index (χ2v) is 5.47. The number of amides is 1. The van der Waals surface area contributed by atoms with E-state index in [2.05, 4.69) is 17.2 Å². The molecule has 0 spiro atoms. The minimum Gasteiger partial charge on any atom is -0.385 e. The molecule has 1 aliphatic carbocycles. The molecule has 0 atom stereocenters. The topological polar surface area (TPSA) is 68.0 Å². The van der Waals surface area contributed by atoms with Gasteiger partial charge >= 0.3 is 0 Å². The van der Waals surface area contributed by atoms with Gasteiger partial charge in [-0.05, 0) is 36.8 Å². The van der Waals surface area contributed by atoms with Crippen LogP contribution in [0.4, 0.5) is 5.69 Å². The van der Waals surface area contributed by atoms with Crippen molar-refractivity contribution in [3.8, 4) is 0 Å². The van der Waals surface area contributed by atoms with Crippen LogP contribution in [-0.4, -0.2) is 17.4 Å². The number of aromatic nitrogens is 1. The molecule has 1 amide bonds. The highest BCUT2D eigenvalue weighted by molar-refractivity contribution is 5.91. The first-order chi connectivity index (χ1) is 9.19. The molecule has 1 aliphatic rings. The van der Waals surface area contributed by atoms with Gasteiger partial charge in [0.1, 0.15) is 5.69 Å². The quantitative estimate of drug-likeness (QED) is 0.856. The van der Waals surface area contributed by atoms with E-state index in [1.807, 2.05) is 6.07 Å². The third-order valence-corrected chi connectivity index (χ3v) is 4.15. The molecule has 2 rings (SSSR count). The molecule has 3 N–H and O–H groups in total. The lowest BCUT2D eigenvalue weighted by Crippen LogP contribution is -2.21. The van der Waals surface area contributed by atoms with Crippen molar-refractivity contribution in [2.24, 2.45) is 17.6 Å². The normalized spacial score (nSPS) is 23.0. The minimum absolute atomic E-state index is 0.319. The first-order valence-corrected chi connectivity index (χ1v) is 7.18. The number of hydrogen-bond donors (Lipinski definition) is 2. The molecule has 19 heavy (non-hydrogen) atoms. The Bertz CT molecular complexity index is 425. The first kappa shape index (κ1) is 13.8. The monoisotopic (exact) mass is 261 g/mol. The fourth-order valence-corrected chi connectivity index (χ4v) is 2.78. The summed E-state index contributed by atoms with van der Waals surface area (Å²) in [6.45, 7) is 3.25. The maximum atomic E-state index is 11.1. The zero-order valence-corrected chi connectivity index (χ0v) is 11.6. The Morgan fingerprint density at radius 3 is 2.68 bits per heavy atom. The van der Waals surface area contributed by atoms with E-state index >= 15 is 0 Å². The van der Waals surface area contributed by atoms with Gasteiger partial charge in [-0.1, -0.05) is 26.2 Å². The largest absolute Gasteiger partial charge is 0.385 e. The second-order valence-electron chi connectivity index (χ2n) is 5.47. The molecule has 0 saturated heterocycles. The maximum Gasteiger partial charge on any atom is 0.267 e. The Labute approximate surface area is 114 Å². The number of carbonyl (C=O) groups is 1. The molecule has 0 radical (unpaired) electrons. The highest BCUT2D eigenvalue weighted by Gasteiger charge is 2.19. The summed E-state index contributed by atoms with van der Waals surface area (Å²) in [5.74, 6) is 1.19. The van der Waals surface area contributed by atoms with E-state index in [1.165, 1.54) is 32.1 Å². The number of primary amides is 1. The molecular weight excluding hydrogens is 238 g/mol. The minimum atomic E-state index is -0.480. The third-order valence-electron chi connectivity index (χ3n) is 4.15. The van der Waals surface area contributed by atoms with Crippen molar-refractivity contribution in [3.63, 3.8) is 0 Å². The van der Waals surface area contributed by atoms with Gasteiger partial charge in [0.05, 0.1) is 0 Å². The number of rotatable bonds is 5. The molecule has 1 aromatic heterocycles. The molecule has 0 bridgehead atoms. The van der Waals surface area contributed by atoms with Gasteiger partial charge in [0.25, 0.3) is 5.91 Å². The summed E-state index contributed by atoms with van der Waals surface area (Å²) in [7, 11) is 0. The van der Waals surface area contributed by atoms with E-state index in [-0.39, 0.29) is 0 Å². The van der Waals surface area contributed by atoms with Crippen molar-refractivity contribution < 1.29 is 4.79 Å². The predicted octanol–water partition coefficient (Wildman–Crippen LogP) is 2.81. The molecule has 4 heteroatoms. The molecule has 1 heterocycles. The highest BCUT2D eigenvalue weighted by atomic mass is 16.1. The van der Waals surface area contributed by atoms with Crippen LogP contribution in [0.3, 0.4) is 0 Å². The summed E-state index contributed by atoms with van der Waals surface area (Å²) in [5, 5.41) is 3.39. The molecule has 104 valence electrons. The summed E-state index contributed by atoms with van der Waals surface area (Å²) in [5.41, 5.74) is 6.47. The zero-order chi connectivity index (χ0) is 13.7. The van der Waals surface area contributed by atoms with Gasteiger partial charge in [-0.25, -0.2) is 0 Å². The van der Waals surface area contributed by atoms with E-state index in [1.54, 1.807) is 12.3 Å². The molecular formula is C15H23N3O. The molecule has 4 nitrogen and oxygen atoms in total. The van der Waals surface area contributed by atoms with E-state index in [0.717, 1.165) is 24.1 Å². The molecule has 1 aromatic rings. The molecule has 0 aliphatic heterocycles. The third kappa shape index (κ3) is 3.94. The average Bonchev–Trinajstić information content (AvgIpc) is 2.46. The maximum absolute atomic E-state index is 11.1. The summed E-state index contributed by atoms with van der Waals surface area (Å²) in [6, 6.07) is 3.60. The van der Waals surface area contributed by atoms with Crippen LogP contribution in [0.15, 0.2) is 18.3 Å². The highest BCUT2D eigenvalue weighted by Crippen LogP contribution is 2.30. The van der Waals surface area contributed by atoms with Crippen molar-refractivity contribution in [3.05, 3.63) is 24.0 Å². The number of nitrogens with one attached hydrogen (secondary N) is 1. The van der Waals surface area contributed by atoms with Crippen LogP contribution in [0.25, 0.3) is 0 Å². The Morgan fingerprint density at radius 1 is 1.37 bits per heavy atom. The van der Waals surface area contributed by atoms with Gasteiger partial charge in [-0.15, -0.1) is 0 Å². The second kappa shape index (κ2) is 6.55. The van der Waals surface area contributed by atoms with Crippen LogP contribution in [0, 0.1) is 11.8 Å². The van der Waals surface area contributed by atoms with E-state index in [0.29, 0.717) is 5.69 Å². The molecule has 1 fully saturated rings. The first-order valence-electron chi connectivity index (χ1n) is 7.18. The molecule has 0 aromatic carbocycles. The number of carbonyl (C=O) groups excluding carboxylic acids is 1. The molecule has 0 unspecified atom stereocenters. The van der Waals surface area contributed by atoms with Crippen molar-refractivity contribution in [1.82, 2.24) is 4.98 Å². The smallest absolute Gasteiger partial charge is 0.267 e. The van der Waals surface area contributed by atoms with Crippen molar-refractivity contribution in [2.45, 2.75) is 39.0 Å². The Hall–Kier alpha value is -1.58. The van der Waals surface area contributed by atoms with E-state index < -0.39 is 5.91 Å². The van der Waals surface area contributed by atoms with Crippen LogP contribution in [0.5, 0.6) is 0 Å². The van der Waals surface area contributed by atoms with Crippen LogP contribution in [-0.2, 0) is 0 Å². The van der Waals surface area contributed by atoms with Crippen LogP contribution in [0.2, 0.25) is 0 Å². The van der Waals surface area contributed by atoms with Gasteiger partial charge in [0.2, 0.25) is 0 Å². The fourth-order valence-electron chi connectivity index (χ4n) is 2.78. The van der Waals surface area contributed by atoms with Gasteiger partial charge in [-0.2, -0.15) is 0 Å². The van der Waals surface area contributed by atoms with Crippen LogP contribution >= 0.6 is 0 Å². The zero-order valence-electron chi connectivity index (χ0n) is 11.6. The lowest BCUT2D eigenvalue weighted by molar-refractivity contribution is 0.0995. The lowest BCUT2D eigenvalue weighted by Gasteiger charge is -2.28. The summed E-state index contributed by atoms with van der Waals surface area (Å²) >= 11 is 0. The Morgan fingerprint density at radius 2 is 2.05 bits per heavy atom. The summed E-state index contributed by atoms with van der Waals surface area (Å²) in [6.07, 6.45) is 8.25. The van der Waals surface area contributed by atoms with Gasteiger partial charge in [0, 0.05) is 18.4 Å². The van der Waals surface area contributed by atoms with Gasteiger partial charge < -0.3 is 11.1 Å². The molecule has 1 saturated carbocycles. The lowest BCUT2D eigenvalue weighted by atomic mass is 9.81. The number of pyridine rings is 1. The Kier molecular flexibility index (Phi) is 4.77. The fraction of sp³-hybridized carbons (Fsp3) is 0.600. The number of hydrogen-bond acceptors (Lipinski definition) is 3. The van der Waals surface area contributed by atoms with Crippen molar-refractivity contribution in [2.75, 3.05) is 11.9 Å². The van der Waals surface area contributed by atoms with Crippen molar-refractivity contribution >= 4 is 11.6 Å². The van der Waals surface area contributed by atoms with Gasteiger partial charge in [-0.3, -0.25) is 9.78 Å². The Balaban J connectivity index is 1.82. The van der Waals surface area contributed by atoms with Crippen LogP contribution in [0.1, 0.15) is 49.5 Å². The average molecular weight is 261 g/mol. The predicted molar refractivity (Wildman–Crippen MR) is 77.0 cm³/mol. The number of nitrogens with zero attached hydrogens (tertiary/aromatic N) is 1. The van der Waals surface area contributed by atoms with E-state index in [4.69, 9.17) is 5.73 Å². The number of nitrogens with two attached hydrogens (primary N) is 1. The summed E-state index contributed by atoms with van der Waals surface area (Å²) < 4.78 is 0. The van der Waals surface area contributed by atoms with E-state index in [9.17, 15) is 4.79 Å².